The quantitative estimate of drug-likeness (QED) is 0.723. The van der Waals surface area contributed by atoms with Crippen LogP contribution in [0.5, 0.6) is 5.75 Å². The van der Waals surface area contributed by atoms with Crippen LogP contribution in [-0.4, -0.2) is 71.2 Å². The lowest BCUT2D eigenvalue weighted by atomic mass is 9.84. The fourth-order valence-electron chi connectivity index (χ4n) is 5.34. The molecule has 1 aromatic heterocycles. The van der Waals surface area contributed by atoms with Gasteiger partial charge in [0.05, 0.1) is 12.6 Å². The molecule has 0 spiro atoms. The molecule has 0 radical (unpaired) electrons. The van der Waals surface area contributed by atoms with Crippen molar-refractivity contribution in [3.05, 3.63) is 30.0 Å². The zero-order chi connectivity index (χ0) is 24.4. The molecule has 1 saturated heterocycles. The summed E-state index contributed by atoms with van der Waals surface area (Å²) < 4.78 is 12.5. The van der Waals surface area contributed by atoms with Gasteiger partial charge in [0.25, 0.3) is 11.8 Å². The summed E-state index contributed by atoms with van der Waals surface area (Å²) >= 11 is 0. The molecule has 0 bridgehead atoms. The summed E-state index contributed by atoms with van der Waals surface area (Å²) in [5, 5.41) is 0.965. The Labute approximate surface area is 199 Å². The van der Waals surface area contributed by atoms with Gasteiger partial charge < -0.3 is 29.6 Å². The predicted molar refractivity (Wildman–Crippen MR) is 128 cm³/mol. The van der Waals surface area contributed by atoms with E-state index in [-0.39, 0.29) is 23.8 Å². The van der Waals surface area contributed by atoms with E-state index in [4.69, 9.17) is 15.2 Å². The van der Waals surface area contributed by atoms with Crippen molar-refractivity contribution in [1.29, 1.82) is 0 Å². The third kappa shape index (κ3) is 4.69. The van der Waals surface area contributed by atoms with Gasteiger partial charge in [-0.2, -0.15) is 0 Å². The van der Waals surface area contributed by atoms with E-state index in [1.165, 1.54) is 0 Å². The number of aryl methyl sites for hydroxylation is 1. The molecule has 34 heavy (non-hydrogen) atoms. The van der Waals surface area contributed by atoms with Crippen LogP contribution in [0.4, 0.5) is 4.79 Å². The van der Waals surface area contributed by atoms with Crippen LogP contribution in [0, 0.1) is 5.92 Å². The minimum absolute atomic E-state index is 0.00323. The number of primary amides is 1. The molecule has 9 nitrogen and oxygen atoms in total. The maximum absolute atomic E-state index is 13.4. The van der Waals surface area contributed by atoms with E-state index >= 15 is 0 Å². The third-order valence-electron chi connectivity index (χ3n) is 7.24. The van der Waals surface area contributed by atoms with Gasteiger partial charge in [-0.3, -0.25) is 9.59 Å². The molecule has 9 heteroatoms. The number of ether oxygens (including phenoxy) is 2. The smallest absolute Gasteiger partial charge is 0.405 e. The van der Waals surface area contributed by atoms with Crippen molar-refractivity contribution in [2.75, 3.05) is 26.7 Å². The van der Waals surface area contributed by atoms with E-state index in [1.807, 2.05) is 42.8 Å². The number of fused-ring (bicyclic) bond motifs is 1. The van der Waals surface area contributed by atoms with Crippen molar-refractivity contribution < 1.29 is 23.9 Å². The number of hydrogen-bond donors (Lipinski definition) is 1. The third-order valence-corrected chi connectivity index (χ3v) is 7.24. The molecule has 2 aromatic rings. The number of amides is 3. The molecule has 1 unspecified atom stereocenters. The number of nitrogens with zero attached hydrogens (tertiary/aromatic N) is 3. The Morgan fingerprint density at radius 2 is 1.82 bits per heavy atom. The molecule has 1 saturated carbocycles. The largest absolute Gasteiger partial charge is 0.497 e. The molecule has 1 aliphatic heterocycles. The van der Waals surface area contributed by atoms with Crippen LogP contribution in [0.2, 0.25) is 0 Å². The number of carbonyl (C=O) groups excluding carboxylic acids is 3. The summed E-state index contributed by atoms with van der Waals surface area (Å²) in [6.45, 7) is 3.11. The molecular formula is C25H34N4O5. The summed E-state index contributed by atoms with van der Waals surface area (Å²) in [6.07, 6.45) is 3.11. The molecule has 2 N–H and O–H groups in total. The molecule has 4 rings (SSSR count). The molecule has 3 amide bonds. The van der Waals surface area contributed by atoms with E-state index in [0.29, 0.717) is 25.3 Å². The van der Waals surface area contributed by atoms with Gasteiger partial charge in [0.1, 0.15) is 11.4 Å². The number of rotatable bonds is 5. The Morgan fingerprint density at radius 1 is 1.09 bits per heavy atom. The van der Waals surface area contributed by atoms with Crippen LogP contribution in [-0.2, 0) is 16.6 Å². The number of aromatic nitrogens is 1. The van der Waals surface area contributed by atoms with Crippen LogP contribution in [0.1, 0.15) is 49.5 Å². The van der Waals surface area contributed by atoms with Crippen molar-refractivity contribution in [2.45, 2.75) is 51.2 Å². The summed E-state index contributed by atoms with van der Waals surface area (Å²) in [5.74, 6) is 0.450. The first-order valence-electron chi connectivity index (χ1n) is 12.0. The molecule has 2 aliphatic rings. The maximum atomic E-state index is 13.4. The van der Waals surface area contributed by atoms with Gasteiger partial charge in [0, 0.05) is 50.1 Å². The minimum Gasteiger partial charge on any atom is -0.497 e. The van der Waals surface area contributed by atoms with Crippen molar-refractivity contribution in [2.24, 2.45) is 18.7 Å². The van der Waals surface area contributed by atoms with E-state index in [1.54, 1.807) is 16.9 Å². The second-order valence-corrected chi connectivity index (χ2v) is 9.40. The Hall–Kier alpha value is -3.23. The number of nitrogens with two attached hydrogens (primary N) is 1. The highest BCUT2D eigenvalue weighted by Crippen LogP contribution is 2.30. The van der Waals surface area contributed by atoms with Crippen LogP contribution >= 0.6 is 0 Å². The van der Waals surface area contributed by atoms with Gasteiger partial charge in [-0.05, 0) is 38.0 Å². The minimum atomic E-state index is -0.918. The second-order valence-electron chi connectivity index (χ2n) is 9.40. The average Bonchev–Trinajstić information content (AvgIpc) is 3.17. The van der Waals surface area contributed by atoms with E-state index in [2.05, 4.69) is 0 Å². The van der Waals surface area contributed by atoms with Crippen molar-refractivity contribution in [3.8, 4) is 5.75 Å². The van der Waals surface area contributed by atoms with Crippen molar-refractivity contribution >= 4 is 28.8 Å². The lowest BCUT2D eigenvalue weighted by molar-refractivity contribution is -0.146. The Bertz CT molecular complexity index is 1070. The van der Waals surface area contributed by atoms with Gasteiger partial charge in [-0.1, -0.05) is 19.3 Å². The molecule has 1 aromatic carbocycles. The summed E-state index contributed by atoms with van der Waals surface area (Å²) in [6, 6.07) is 7.44. The number of carbonyl (C=O) groups is 3. The van der Waals surface area contributed by atoms with Crippen LogP contribution in [0.3, 0.4) is 0 Å². The number of benzene rings is 1. The molecule has 2 fully saturated rings. The second kappa shape index (κ2) is 9.95. The van der Waals surface area contributed by atoms with Gasteiger partial charge in [0.15, 0.2) is 6.10 Å². The topological polar surface area (TPSA) is 107 Å². The molecule has 1 aliphatic carbocycles. The van der Waals surface area contributed by atoms with E-state index < -0.39 is 12.2 Å². The SMILES string of the molecule is COc1ccc2cc(C(=O)N3CCN(C(=O)[C@@H](OC(N)=O)C4CCCCC4)CC3C)n(C)c2c1. The lowest BCUT2D eigenvalue weighted by Gasteiger charge is -2.41. The monoisotopic (exact) mass is 470 g/mol. The van der Waals surface area contributed by atoms with Gasteiger partial charge in [-0.25, -0.2) is 4.79 Å². The normalized spacial score (nSPS) is 20.3. The Balaban J connectivity index is 1.47. The fraction of sp³-hybridized carbons (Fsp3) is 0.560. The Morgan fingerprint density at radius 3 is 2.47 bits per heavy atom. The first-order valence-corrected chi connectivity index (χ1v) is 12.0. The maximum Gasteiger partial charge on any atom is 0.405 e. The lowest BCUT2D eigenvalue weighted by Crippen LogP contribution is -2.58. The van der Waals surface area contributed by atoms with Crippen LogP contribution in [0.15, 0.2) is 24.3 Å². The summed E-state index contributed by atoms with van der Waals surface area (Å²) in [5.41, 5.74) is 6.80. The standard InChI is InChI=1S/C25H34N4O5/c1-16-15-28(24(31)22(34-25(26)32)17-7-5-4-6-8-17)11-12-29(16)23(30)21-13-18-9-10-19(33-3)14-20(18)27(21)2/h9-10,13-14,16-17,22H,4-8,11-12,15H2,1-3H3,(H2,26,32)/t16?,22-/m0/s1. The number of methoxy groups -OCH3 is 1. The van der Waals surface area contributed by atoms with E-state index in [0.717, 1.165) is 48.8 Å². The number of piperazine rings is 1. The highest BCUT2D eigenvalue weighted by molar-refractivity contribution is 5.99. The van der Waals surface area contributed by atoms with Gasteiger partial charge in [-0.15, -0.1) is 0 Å². The van der Waals surface area contributed by atoms with Crippen LogP contribution < -0.4 is 10.5 Å². The van der Waals surface area contributed by atoms with Gasteiger partial charge >= 0.3 is 6.09 Å². The zero-order valence-electron chi connectivity index (χ0n) is 20.2. The predicted octanol–water partition coefficient (Wildman–Crippen LogP) is 2.90. The van der Waals surface area contributed by atoms with Gasteiger partial charge in [0.2, 0.25) is 0 Å². The summed E-state index contributed by atoms with van der Waals surface area (Å²) in [4.78, 5) is 41.8. The van der Waals surface area contributed by atoms with Crippen molar-refractivity contribution in [1.82, 2.24) is 14.4 Å². The van der Waals surface area contributed by atoms with Crippen LogP contribution in [0.25, 0.3) is 10.9 Å². The number of hydrogen-bond acceptors (Lipinski definition) is 5. The first kappa shape index (κ1) is 23.9. The fourth-order valence-corrected chi connectivity index (χ4v) is 5.34. The van der Waals surface area contributed by atoms with E-state index in [9.17, 15) is 14.4 Å². The summed E-state index contributed by atoms with van der Waals surface area (Å²) in [7, 11) is 3.49. The Kier molecular flexibility index (Phi) is 7.00. The molecule has 2 heterocycles. The van der Waals surface area contributed by atoms with Crippen molar-refractivity contribution in [3.63, 3.8) is 0 Å². The average molecular weight is 471 g/mol. The molecule has 2 atom stereocenters. The zero-order valence-corrected chi connectivity index (χ0v) is 20.2. The highest BCUT2D eigenvalue weighted by Gasteiger charge is 2.39. The molecular weight excluding hydrogens is 436 g/mol. The molecule has 184 valence electrons. The highest BCUT2D eigenvalue weighted by atomic mass is 16.6. The first-order chi connectivity index (χ1) is 16.3.